The lowest BCUT2D eigenvalue weighted by Gasteiger charge is -2.27. The van der Waals surface area contributed by atoms with Crippen LogP contribution in [0.1, 0.15) is 20.3 Å². The van der Waals surface area contributed by atoms with Crippen LogP contribution in [0, 0.1) is 0 Å². The Bertz CT molecular complexity index is 355. The largest absolute Gasteiger partial charge is 0.508 e. The minimum Gasteiger partial charge on any atom is -0.508 e. The minimum atomic E-state index is 0.127. The van der Waals surface area contributed by atoms with E-state index in [1.54, 1.807) is 25.3 Å². The van der Waals surface area contributed by atoms with Crippen molar-refractivity contribution in [2.24, 2.45) is 5.73 Å². The zero-order valence-electron chi connectivity index (χ0n) is 10.8. The molecule has 1 atom stereocenters. The molecule has 3 N–H and O–H groups in total. The Kier molecular flexibility index (Phi) is 5.10. The maximum Gasteiger partial charge on any atom is 0.142 e. The summed E-state index contributed by atoms with van der Waals surface area (Å²) in [6.07, 6.45) is 0.928. The van der Waals surface area contributed by atoms with Crippen LogP contribution in [0.5, 0.6) is 11.5 Å². The van der Waals surface area contributed by atoms with Crippen LogP contribution in [-0.2, 0) is 0 Å². The fourth-order valence-corrected chi connectivity index (χ4v) is 1.74. The van der Waals surface area contributed by atoms with Gasteiger partial charge in [0.05, 0.1) is 12.8 Å². The molecule has 0 saturated heterocycles. The molecule has 0 fully saturated rings. The Labute approximate surface area is 103 Å². The molecule has 0 aliphatic rings. The number of nitrogens with two attached hydrogens (primary N) is 1. The second-order valence-electron chi connectivity index (χ2n) is 4.06. The molecule has 0 aliphatic carbocycles. The molecule has 0 spiro atoms. The molecule has 0 amide bonds. The number of benzene rings is 1. The Morgan fingerprint density at radius 3 is 2.65 bits per heavy atom. The summed E-state index contributed by atoms with van der Waals surface area (Å²) in [6, 6.07) is 5.23. The van der Waals surface area contributed by atoms with Gasteiger partial charge in [-0.3, -0.25) is 0 Å². The number of methoxy groups -OCH3 is 1. The van der Waals surface area contributed by atoms with E-state index in [4.69, 9.17) is 10.5 Å². The summed E-state index contributed by atoms with van der Waals surface area (Å²) in [7, 11) is 1.63. The molecule has 4 nitrogen and oxygen atoms in total. The molecule has 0 saturated carbocycles. The number of phenolic OH excluding ortho intramolecular Hbond substituents is 1. The molecule has 96 valence electrons. The fourth-order valence-electron chi connectivity index (χ4n) is 1.74. The molecule has 0 aromatic heterocycles. The van der Waals surface area contributed by atoms with Crippen molar-refractivity contribution in [3.63, 3.8) is 0 Å². The van der Waals surface area contributed by atoms with Crippen molar-refractivity contribution in [3.8, 4) is 11.5 Å². The smallest absolute Gasteiger partial charge is 0.142 e. The Hall–Kier alpha value is -1.42. The molecule has 1 aromatic carbocycles. The van der Waals surface area contributed by atoms with Gasteiger partial charge in [0, 0.05) is 25.2 Å². The molecule has 1 aromatic rings. The Morgan fingerprint density at radius 1 is 1.41 bits per heavy atom. The van der Waals surface area contributed by atoms with Crippen molar-refractivity contribution < 1.29 is 9.84 Å². The van der Waals surface area contributed by atoms with E-state index in [-0.39, 0.29) is 11.8 Å². The van der Waals surface area contributed by atoms with Gasteiger partial charge < -0.3 is 20.5 Å². The van der Waals surface area contributed by atoms with Crippen LogP contribution in [0.25, 0.3) is 0 Å². The van der Waals surface area contributed by atoms with Crippen molar-refractivity contribution >= 4 is 5.69 Å². The van der Waals surface area contributed by atoms with Crippen LogP contribution in [0.15, 0.2) is 18.2 Å². The minimum absolute atomic E-state index is 0.127. The van der Waals surface area contributed by atoms with E-state index in [1.165, 1.54) is 0 Å². The normalized spacial score (nSPS) is 12.2. The third-order valence-electron chi connectivity index (χ3n) is 2.86. The lowest BCUT2D eigenvalue weighted by atomic mass is 10.2. The average molecular weight is 238 g/mol. The third kappa shape index (κ3) is 3.53. The molecule has 0 aliphatic heterocycles. The van der Waals surface area contributed by atoms with Gasteiger partial charge in [0.1, 0.15) is 11.5 Å². The highest BCUT2D eigenvalue weighted by atomic mass is 16.5. The third-order valence-corrected chi connectivity index (χ3v) is 2.86. The molecule has 17 heavy (non-hydrogen) atoms. The molecular weight excluding hydrogens is 216 g/mol. The van der Waals surface area contributed by atoms with E-state index >= 15 is 0 Å². The van der Waals surface area contributed by atoms with E-state index in [2.05, 4.69) is 18.7 Å². The zero-order chi connectivity index (χ0) is 12.8. The van der Waals surface area contributed by atoms with Gasteiger partial charge in [-0.2, -0.15) is 0 Å². The highest BCUT2D eigenvalue weighted by Gasteiger charge is 2.13. The highest BCUT2D eigenvalue weighted by molar-refractivity contribution is 5.61. The first-order valence-electron chi connectivity index (χ1n) is 5.99. The van der Waals surface area contributed by atoms with Gasteiger partial charge in [0.2, 0.25) is 0 Å². The van der Waals surface area contributed by atoms with Crippen LogP contribution in [0.4, 0.5) is 5.69 Å². The fraction of sp³-hybridized carbons (Fsp3) is 0.538. The first kappa shape index (κ1) is 13.6. The summed E-state index contributed by atoms with van der Waals surface area (Å²) in [5.74, 6) is 0.997. The number of likely N-dealkylation sites (N-methyl/N-ethyl adjacent to an activating group) is 1. The molecule has 1 rings (SSSR count). The summed E-state index contributed by atoms with van der Waals surface area (Å²) in [4.78, 5) is 2.12. The van der Waals surface area contributed by atoms with E-state index in [0.717, 1.165) is 30.9 Å². The van der Waals surface area contributed by atoms with E-state index in [9.17, 15) is 5.11 Å². The number of hydrogen-bond donors (Lipinski definition) is 2. The van der Waals surface area contributed by atoms with Crippen LogP contribution in [-0.4, -0.2) is 31.3 Å². The molecule has 0 heterocycles. The van der Waals surface area contributed by atoms with Crippen molar-refractivity contribution in [1.82, 2.24) is 0 Å². The SMILES string of the molecule is CCC(N)CN(CC)c1cc(O)ccc1OC. The maximum absolute atomic E-state index is 9.56. The zero-order valence-corrected chi connectivity index (χ0v) is 10.8. The van der Waals surface area contributed by atoms with Gasteiger partial charge in [-0.15, -0.1) is 0 Å². The number of hydrogen-bond acceptors (Lipinski definition) is 4. The predicted octanol–water partition coefficient (Wildman–Crippen LogP) is 1.96. The van der Waals surface area contributed by atoms with Gasteiger partial charge in [-0.05, 0) is 25.5 Å². The van der Waals surface area contributed by atoms with E-state index < -0.39 is 0 Å². The number of rotatable bonds is 6. The summed E-state index contributed by atoms with van der Waals surface area (Å²) < 4.78 is 5.30. The lowest BCUT2D eigenvalue weighted by molar-refractivity contribution is 0.411. The first-order valence-corrected chi connectivity index (χ1v) is 5.99. The van der Waals surface area contributed by atoms with Gasteiger partial charge in [-0.1, -0.05) is 6.92 Å². The van der Waals surface area contributed by atoms with Crippen molar-refractivity contribution in [2.45, 2.75) is 26.3 Å². The summed E-state index contributed by atoms with van der Waals surface area (Å²) >= 11 is 0. The Balaban J connectivity index is 2.97. The van der Waals surface area contributed by atoms with Gasteiger partial charge in [-0.25, -0.2) is 0 Å². The molecule has 4 heteroatoms. The second kappa shape index (κ2) is 6.35. The maximum atomic E-state index is 9.56. The van der Waals surface area contributed by atoms with Crippen LogP contribution < -0.4 is 15.4 Å². The van der Waals surface area contributed by atoms with Crippen molar-refractivity contribution in [2.75, 3.05) is 25.1 Å². The van der Waals surface area contributed by atoms with E-state index in [1.807, 2.05) is 0 Å². The molecule has 0 bridgehead atoms. The number of phenols is 1. The predicted molar refractivity (Wildman–Crippen MR) is 70.8 cm³/mol. The monoisotopic (exact) mass is 238 g/mol. The number of nitrogens with zero attached hydrogens (tertiary/aromatic N) is 1. The van der Waals surface area contributed by atoms with E-state index in [0.29, 0.717) is 0 Å². The molecule has 1 unspecified atom stereocenters. The standard InChI is InChI=1S/C13H22N2O2/c1-4-10(14)9-15(5-2)12-8-11(16)6-7-13(12)17-3/h6-8,10,16H,4-5,9,14H2,1-3H3. The molecule has 0 radical (unpaired) electrons. The average Bonchev–Trinajstić information content (AvgIpc) is 2.35. The van der Waals surface area contributed by atoms with Gasteiger partial charge in [0.15, 0.2) is 0 Å². The van der Waals surface area contributed by atoms with Crippen LogP contribution in [0.3, 0.4) is 0 Å². The first-order chi connectivity index (χ1) is 8.12. The van der Waals surface area contributed by atoms with Gasteiger partial charge in [0.25, 0.3) is 0 Å². The summed E-state index contributed by atoms with van der Waals surface area (Å²) in [5, 5.41) is 9.56. The second-order valence-corrected chi connectivity index (χ2v) is 4.06. The highest BCUT2D eigenvalue weighted by Crippen LogP contribution is 2.31. The van der Waals surface area contributed by atoms with Crippen LogP contribution >= 0.6 is 0 Å². The molecular formula is C13H22N2O2. The lowest BCUT2D eigenvalue weighted by Crippen LogP contribution is -2.37. The van der Waals surface area contributed by atoms with Gasteiger partial charge >= 0.3 is 0 Å². The quantitative estimate of drug-likeness (QED) is 0.795. The number of ether oxygens (including phenoxy) is 1. The van der Waals surface area contributed by atoms with Crippen molar-refractivity contribution in [1.29, 1.82) is 0 Å². The summed E-state index contributed by atoms with van der Waals surface area (Å²) in [5.41, 5.74) is 6.86. The number of aromatic hydroxyl groups is 1. The summed E-state index contributed by atoms with van der Waals surface area (Å²) in [6.45, 7) is 5.71. The van der Waals surface area contributed by atoms with Crippen molar-refractivity contribution in [3.05, 3.63) is 18.2 Å². The number of anilines is 1. The Morgan fingerprint density at radius 2 is 2.12 bits per heavy atom. The van der Waals surface area contributed by atoms with Crippen LogP contribution in [0.2, 0.25) is 0 Å². The topological polar surface area (TPSA) is 58.7 Å².